The highest BCUT2D eigenvalue weighted by molar-refractivity contribution is 7.19. The second kappa shape index (κ2) is 9.63. The van der Waals surface area contributed by atoms with E-state index in [1.807, 2.05) is 11.3 Å². The van der Waals surface area contributed by atoms with Crippen LogP contribution in [0, 0.1) is 0 Å². The summed E-state index contributed by atoms with van der Waals surface area (Å²) in [7, 11) is 0. The van der Waals surface area contributed by atoms with Crippen molar-refractivity contribution in [3.05, 3.63) is 34.2 Å². The molecule has 0 amide bonds. The van der Waals surface area contributed by atoms with Crippen LogP contribution in [0.2, 0.25) is 5.02 Å². The van der Waals surface area contributed by atoms with Crippen molar-refractivity contribution in [3.8, 4) is 0 Å². The highest BCUT2D eigenvalue weighted by Gasteiger charge is 2.34. The summed E-state index contributed by atoms with van der Waals surface area (Å²) in [4.78, 5) is 9.11. The number of rotatable bonds is 6. The molecule has 3 heterocycles. The first-order chi connectivity index (χ1) is 14.1. The molecule has 29 heavy (non-hydrogen) atoms. The largest absolute Gasteiger partial charge is 0.396 e. The van der Waals surface area contributed by atoms with Gasteiger partial charge in [0, 0.05) is 65.9 Å². The summed E-state index contributed by atoms with van der Waals surface area (Å²) < 4.78 is 1.27. The topological polar surface area (TPSA) is 30.0 Å². The zero-order valence-electron chi connectivity index (χ0n) is 17.7. The predicted octanol–water partition coefficient (Wildman–Crippen LogP) is 4.30. The van der Waals surface area contributed by atoms with Crippen LogP contribution in [0.25, 0.3) is 10.1 Å². The number of hydrogen-bond acceptors (Lipinski definition) is 5. The minimum atomic E-state index is 0.267. The summed E-state index contributed by atoms with van der Waals surface area (Å²) in [5.41, 5.74) is 0. The highest BCUT2D eigenvalue weighted by atomic mass is 35.5. The Morgan fingerprint density at radius 2 is 1.90 bits per heavy atom. The molecule has 4 rings (SSSR count). The molecule has 0 bridgehead atoms. The minimum absolute atomic E-state index is 0.267. The fourth-order valence-corrected chi connectivity index (χ4v) is 6.60. The van der Waals surface area contributed by atoms with Gasteiger partial charge in [-0.3, -0.25) is 9.80 Å². The van der Waals surface area contributed by atoms with E-state index in [0.29, 0.717) is 18.1 Å². The molecule has 2 saturated heterocycles. The third kappa shape index (κ3) is 4.81. The molecule has 2 aliphatic heterocycles. The highest BCUT2D eigenvalue weighted by Crippen LogP contribution is 2.36. The van der Waals surface area contributed by atoms with Crippen LogP contribution in [0.4, 0.5) is 0 Å². The molecular formula is C23H34ClN3OS. The second-order valence-electron chi connectivity index (χ2n) is 8.84. The maximum absolute atomic E-state index is 9.69. The fraction of sp³-hybridized carbons (Fsp3) is 0.652. The molecule has 2 fully saturated rings. The van der Waals surface area contributed by atoms with Crippen LogP contribution in [-0.2, 0) is 6.54 Å². The van der Waals surface area contributed by atoms with E-state index in [2.05, 4.69) is 52.8 Å². The number of piperidine rings is 1. The molecule has 0 spiro atoms. The Bertz CT molecular complexity index is 803. The number of aliphatic hydroxyl groups excluding tert-OH is 1. The molecule has 0 aliphatic carbocycles. The van der Waals surface area contributed by atoms with Gasteiger partial charge in [-0.1, -0.05) is 29.8 Å². The lowest BCUT2D eigenvalue weighted by Crippen LogP contribution is -2.58. The zero-order chi connectivity index (χ0) is 20.4. The third-order valence-electron chi connectivity index (χ3n) is 6.74. The second-order valence-corrected chi connectivity index (χ2v) is 10.4. The maximum Gasteiger partial charge on any atom is 0.0637 e. The number of benzene rings is 1. The van der Waals surface area contributed by atoms with Gasteiger partial charge in [-0.25, -0.2) is 0 Å². The standard InChI is InChI=1S/C23H34ClN3OS/c1-17(2)26-10-7-18(8-11-26)27-13-12-25(15-19(27)9-14-28)16-22-23(24)20-5-3-4-6-21(20)29-22/h3-6,17-19,28H,7-16H2,1-2H3/t19-/m1/s1. The molecule has 1 aromatic heterocycles. The van der Waals surface area contributed by atoms with Crippen molar-refractivity contribution in [2.24, 2.45) is 0 Å². The molecule has 1 N–H and O–H groups in total. The Kier molecular flexibility index (Phi) is 7.15. The summed E-state index contributed by atoms with van der Waals surface area (Å²) in [5, 5.41) is 11.8. The Morgan fingerprint density at radius 1 is 1.14 bits per heavy atom. The Hall–Kier alpha value is -0.690. The van der Waals surface area contributed by atoms with Crippen LogP contribution in [0.15, 0.2) is 24.3 Å². The summed E-state index contributed by atoms with van der Waals surface area (Å²) in [6.07, 6.45) is 3.37. The number of hydrogen-bond donors (Lipinski definition) is 1. The maximum atomic E-state index is 9.69. The zero-order valence-corrected chi connectivity index (χ0v) is 19.3. The number of nitrogens with zero attached hydrogens (tertiary/aromatic N) is 3. The molecule has 4 nitrogen and oxygen atoms in total. The number of piperazine rings is 1. The number of fused-ring (bicyclic) bond motifs is 1. The van der Waals surface area contributed by atoms with E-state index in [4.69, 9.17) is 11.6 Å². The first kappa shape index (κ1) is 21.5. The van der Waals surface area contributed by atoms with Crippen molar-refractivity contribution in [3.63, 3.8) is 0 Å². The SMILES string of the molecule is CC(C)N1CCC(N2CCN(Cc3sc4ccccc4c3Cl)C[C@H]2CCO)CC1. The Balaban J connectivity index is 1.40. The molecule has 6 heteroatoms. The lowest BCUT2D eigenvalue weighted by molar-refractivity contribution is 0.000242. The lowest BCUT2D eigenvalue weighted by Gasteiger charge is -2.48. The van der Waals surface area contributed by atoms with Gasteiger partial charge >= 0.3 is 0 Å². The van der Waals surface area contributed by atoms with Crippen molar-refractivity contribution >= 4 is 33.0 Å². The number of aliphatic hydroxyl groups is 1. The average Bonchev–Trinajstić information content (AvgIpc) is 3.04. The van der Waals surface area contributed by atoms with Crippen LogP contribution in [0.5, 0.6) is 0 Å². The van der Waals surface area contributed by atoms with Crippen LogP contribution in [0.3, 0.4) is 0 Å². The molecule has 2 aliphatic rings. The fourth-order valence-electron chi connectivity index (χ4n) is 5.07. The van der Waals surface area contributed by atoms with Crippen LogP contribution in [0.1, 0.15) is 38.0 Å². The molecule has 160 valence electrons. The molecule has 1 atom stereocenters. The summed E-state index contributed by atoms with van der Waals surface area (Å²) in [6.45, 7) is 11.4. The van der Waals surface area contributed by atoms with Crippen molar-refractivity contribution in [2.45, 2.75) is 57.8 Å². The van der Waals surface area contributed by atoms with E-state index >= 15 is 0 Å². The molecule has 1 aromatic carbocycles. The third-order valence-corrected chi connectivity index (χ3v) is 8.44. The summed E-state index contributed by atoms with van der Waals surface area (Å²) in [5.74, 6) is 0. The van der Waals surface area contributed by atoms with E-state index in [1.165, 1.54) is 40.9 Å². The van der Waals surface area contributed by atoms with E-state index < -0.39 is 0 Å². The minimum Gasteiger partial charge on any atom is -0.396 e. The summed E-state index contributed by atoms with van der Waals surface area (Å²) in [6, 6.07) is 10.2. The van der Waals surface area contributed by atoms with E-state index in [9.17, 15) is 5.11 Å². The van der Waals surface area contributed by atoms with Crippen molar-refractivity contribution in [2.75, 3.05) is 39.3 Å². The quantitative estimate of drug-likeness (QED) is 0.732. The van der Waals surface area contributed by atoms with Crippen LogP contribution in [-0.4, -0.2) is 77.3 Å². The predicted molar refractivity (Wildman–Crippen MR) is 124 cm³/mol. The van der Waals surface area contributed by atoms with Gasteiger partial charge in [0.1, 0.15) is 0 Å². The average molecular weight is 436 g/mol. The van der Waals surface area contributed by atoms with Crippen LogP contribution >= 0.6 is 22.9 Å². The van der Waals surface area contributed by atoms with Gasteiger partial charge in [0.25, 0.3) is 0 Å². The van der Waals surface area contributed by atoms with Gasteiger partial charge in [0.05, 0.1) is 5.02 Å². The first-order valence-corrected chi connectivity index (χ1v) is 12.2. The lowest BCUT2D eigenvalue weighted by atomic mass is 9.97. The number of halogens is 1. The van der Waals surface area contributed by atoms with Crippen molar-refractivity contribution in [1.29, 1.82) is 0 Å². The number of thiophene rings is 1. The normalized spacial score (nSPS) is 23.4. The van der Waals surface area contributed by atoms with Gasteiger partial charge in [0.15, 0.2) is 0 Å². The van der Waals surface area contributed by atoms with Crippen LogP contribution < -0.4 is 0 Å². The van der Waals surface area contributed by atoms with Gasteiger partial charge in [-0.2, -0.15) is 0 Å². The smallest absolute Gasteiger partial charge is 0.0637 e. The van der Waals surface area contributed by atoms with E-state index in [1.54, 1.807) is 0 Å². The van der Waals surface area contributed by atoms with Gasteiger partial charge in [-0.05, 0) is 52.3 Å². The summed E-state index contributed by atoms with van der Waals surface area (Å²) >= 11 is 8.51. The number of likely N-dealkylation sites (tertiary alicyclic amines) is 1. The van der Waals surface area contributed by atoms with Crippen molar-refractivity contribution in [1.82, 2.24) is 14.7 Å². The first-order valence-electron chi connectivity index (χ1n) is 11.1. The molecular weight excluding hydrogens is 402 g/mol. The Labute approximate surface area is 184 Å². The molecule has 0 radical (unpaired) electrons. The van der Waals surface area contributed by atoms with Gasteiger partial charge in [0.2, 0.25) is 0 Å². The van der Waals surface area contributed by atoms with Crippen molar-refractivity contribution < 1.29 is 5.11 Å². The van der Waals surface area contributed by atoms with E-state index in [0.717, 1.165) is 37.6 Å². The van der Waals surface area contributed by atoms with Gasteiger partial charge < -0.3 is 10.0 Å². The Morgan fingerprint density at radius 3 is 2.59 bits per heavy atom. The monoisotopic (exact) mass is 435 g/mol. The van der Waals surface area contributed by atoms with E-state index in [-0.39, 0.29) is 6.61 Å². The van der Waals surface area contributed by atoms with Gasteiger partial charge in [-0.15, -0.1) is 11.3 Å². The molecule has 2 aromatic rings. The molecule has 0 saturated carbocycles. The molecule has 0 unspecified atom stereocenters.